The summed E-state index contributed by atoms with van der Waals surface area (Å²) in [4.78, 5) is 40.9. The van der Waals surface area contributed by atoms with E-state index in [1.165, 1.54) is 15.9 Å². The first-order chi connectivity index (χ1) is 16.7. The highest BCUT2D eigenvalue weighted by atomic mass is 32.2. The van der Waals surface area contributed by atoms with Crippen molar-refractivity contribution in [3.8, 4) is 0 Å². The molecule has 35 heavy (non-hydrogen) atoms. The summed E-state index contributed by atoms with van der Waals surface area (Å²) >= 11 is 1.10. The molecule has 3 aromatic carbocycles. The number of halogens is 2. The minimum Gasteiger partial charge on any atom is -0.324 e. The van der Waals surface area contributed by atoms with Crippen LogP contribution >= 0.6 is 11.8 Å². The van der Waals surface area contributed by atoms with Crippen molar-refractivity contribution in [3.63, 3.8) is 0 Å². The molecular weight excluding hydrogens is 472 g/mol. The van der Waals surface area contributed by atoms with Crippen LogP contribution in [0.2, 0.25) is 0 Å². The van der Waals surface area contributed by atoms with Crippen LogP contribution in [0, 0.1) is 25.5 Å². The van der Waals surface area contributed by atoms with Gasteiger partial charge in [0.25, 0.3) is 5.91 Å². The summed E-state index contributed by atoms with van der Waals surface area (Å²) < 4.78 is 27.7. The summed E-state index contributed by atoms with van der Waals surface area (Å²) in [5.41, 5.74) is 3.60. The first-order valence-electron chi connectivity index (χ1n) is 10.9. The monoisotopic (exact) mass is 493 g/mol. The molecule has 1 atom stereocenters. The number of amides is 3. The zero-order valence-electron chi connectivity index (χ0n) is 19.0. The summed E-state index contributed by atoms with van der Waals surface area (Å²) in [6, 6.07) is 15.7. The topological polar surface area (TPSA) is 69.7 Å². The lowest BCUT2D eigenvalue weighted by Gasteiger charge is -2.33. The molecule has 2 heterocycles. The van der Waals surface area contributed by atoms with Crippen molar-refractivity contribution in [3.05, 3.63) is 89.0 Å². The van der Waals surface area contributed by atoms with Gasteiger partial charge in [0, 0.05) is 23.0 Å². The number of benzene rings is 3. The molecular formula is C26H21F2N3O3S. The number of para-hydroxylation sites is 1. The molecule has 1 spiro atoms. The van der Waals surface area contributed by atoms with Crippen molar-refractivity contribution in [2.24, 2.45) is 0 Å². The number of hydrogen-bond acceptors (Lipinski definition) is 4. The molecule has 0 saturated carbocycles. The van der Waals surface area contributed by atoms with E-state index in [9.17, 15) is 23.2 Å². The van der Waals surface area contributed by atoms with Gasteiger partial charge in [0.1, 0.15) is 6.54 Å². The van der Waals surface area contributed by atoms with E-state index >= 15 is 0 Å². The molecule has 6 nitrogen and oxygen atoms in total. The van der Waals surface area contributed by atoms with Gasteiger partial charge in [0.2, 0.25) is 16.7 Å². The predicted molar refractivity (Wildman–Crippen MR) is 131 cm³/mol. The van der Waals surface area contributed by atoms with Crippen LogP contribution < -0.4 is 15.1 Å². The van der Waals surface area contributed by atoms with Crippen molar-refractivity contribution in [1.82, 2.24) is 0 Å². The third kappa shape index (κ3) is 3.67. The van der Waals surface area contributed by atoms with Crippen LogP contribution in [-0.2, 0) is 19.3 Å². The molecule has 178 valence electrons. The average molecular weight is 494 g/mol. The fourth-order valence-electron chi connectivity index (χ4n) is 4.54. The van der Waals surface area contributed by atoms with E-state index in [4.69, 9.17) is 0 Å². The van der Waals surface area contributed by atoms with Crippen LogP contribution in [0.15, 0.2) is 60.7 Å². The molecule has 9 heteroatoms. The van der Waals surface area contributed by atoms with Gasteiger partial charge in [-0.2, -0.15) is 0 Å². The first kappa shape index (κ1) is 23.0. The molecule has 1 N–H and O–H groups in total. The normalized spacial score (nSPS) is 19.0. The van der Waals surface area contributed by atoms with Crippen molar-refractivity contribution in [1.29, 1.82) is 0 Å². The van der Waals surface area contributed by atoms with Crippen molar-refractivity contribution < 1.29 is 23.2 Å². The molecule has 5 rings (SSSR count). The molecule has 1 fully saturated rings. The second-order valence-electron chi connectivity index (χ2n) is 8.54. The molecule has 0 bridgehead atoms. The number of thioether (sulfide) groups is 1. The molecule has 3 aromatic rings. The average Bonchev–Trinajstić information content (AvgIpc) is 3.29. The Morgan fingerprint density at radius 2 is 1.80 bits per heavy atom. The van der Waals surface area contributed by atoms with Gasteiger partial charge in [-0.05, 0) is 49.2 Å². The van der Waals surface area contributed by atoms with E-state index < -0.39 is 34.2 Å². The molecule has 2 aliphatic heterocycles. The van der Waals surface area contributed by atoms with Gasteiger partial charge < -0.3 is 5.32 Å². The van der Waals surface area contributed by atoms with Crippen LogP contribution in [0.3, 0.4) is 0 Å². The van der Waals surface area contributed by atoms with Gasteiger partial charge in [0.15, 0.2) is 11.6 Å². The Hall–Kier alpha value is -3.72. The number of aryl methyl sites for hydroxylation is 2. The lowest BCUT2D eigenvalue weighted by molar-refractivity contribution is -0.124. The zero-order valence-corrected chi connectivity index (χ0v) is 19.8. The van der Waals surface area contributed by atoms with Gasteiger partial charge in [-0.3, -0.25) is 24.2 Å². The molecule has 0 aliphatic carbocycles. The number of carbonyl (C=O) groups excluding carboxylic acids is 3. The van der Waals surface area contributed by atoms with Gasteiger partial charge in [-0.25, -0.2) is 8.78 Å². The SMILES string of the molecule is Cc1ccc(C)c(NC(=O)CN2C(=O)[C@@]3(SCC(=O)N3c3ccc(F)c(F)c3)c3ccccc32)c1. The Kier molecular flexibility index (Phi) is 5.59. The largest absolute Gasteiger partial charge is 0.324 e. The maximum atomic E-state index is 14.1. The van der Waals surface area contributed by atoms with E-state index in [-0.39, 0.29) is 18.0 Å². The summed E-state index contributed by atoms with van der Waals surface area (Å²) in [5, 5.41) is 2.86. The maximum absolute atomic E-state index is 14.1. The summed E-state index contributed by atoms with van der Waals surface area (Å²) in [6.07, 6.45) is 0. The Bertz CT molecular complexity index is 1400. The Labute approximate surface area is 204 Å². The van der Waals surface area contributed by atoms with E-state index in [0.717, 1.165) is 35.0 Å². The smallest absolute Gasteiger partial charge is 0.269 e. The number of hydrogen-bond donors (Lipinski definition) is 1. The number of rotatable bonds is 4. The quantitative estimate of drug-likeness (QED) is 0.581. The molecule has 3 amide bonds. The number of fused-ring (bicyclic) bond motifs is 2. The number of carbonyl (C=O) groups is 3. The maximum Gasteiger partial charge on any atom is 0.269 e. The Morgan fingerprint density at radius 1 is 1.03 bits per heavy atom. The minimum absolute atomic E-state index is 0.0262. The first-order valence-corrected chi connectivity index (χ1v) is 11.9. The van der Waals surface area contributed by atoms with E-state index in [2.05, 4.69) is 5.32 Å². The van der Waals surface area contributed by atoms with E-state index in [1.54, 1.807) is 24.3 Å². The van der Waals surface area contributed by atoms with Gasteiger partial charge in [-0.1, -0.05) is 30.3 Å². The second kappa shape index (κ2) is 8.49. The third-order valence-corrected chi connectivity index (χ3v) is 7.58. The minimum atomic E-state index is -1.52. The highest BCUT2D eigenvalue weighted by Gasteiger charge is 2.61. The Morgan fingerprint density at radius 3 is 2.57 bits per heavy atom. The van der Waals surface area contributed by atoms with Crippen molar-refractivity contribution >= 4 is 46.5 Å². The lowest BCUT2D eigenvalue weighted by atomic mass is 10.0. The number of nitrogens with one attached hydrogen (secondary N) is 1. The van der Waals surface area contributed by atoms with E-state index in [1.807, 2.05) is 32.0 Å². The standard InChI is InChI=1S/C26H21F2N3O3S/c1-15-7-8-16(2)21(11-15)29-23(32)13-30-22-6-4-3-5-18(22)26(25(30)34)31(24(33)14-35-26)17-9-10-19(27)20(28)12-17/h3-12H,13-14H2,1-2H3,(H,29,32)/t26-/m0/s1. The highest BCUT2D eigenvalue weighted by molar-refractivity contribution is 8.02. The third-order valence-electron chi connectivity index (χ3n) is 6.19. The zero-order chi connectivity index (χ0) is 24.9. The van der Waals surface area contributed by atoms with Crippen molar-refractivity contribution in [2.45, 2.75) is 18.7 Å². The van der Waals surface area contributed by atoms with E-state index in [0.29, 0.717) is 16.9 Å². The fraction of sp³-hybridized carbons (Fsp3) is 0.192. The fourth-order valence-corrected chi connectivity index (χ4v) is 5.90. The Balaban J connectivity index is 1.52. The van der Waals surface area contributed by atoms with Crippen LogP contribution in [0.1, 0.15) is 16.7 Å². The van der Waals surface area contributed by atoms with Crippen molar-refractivity contribution in [2.75, 3.05) is 27.4 Å². The van der Waals surface area contributed by atoms with Crippen LogP contribution in [0.4, 0.5) is 25.8 Å². The molecule has 0 radical (unpaired) electrons. The van der Waals surface area contributed by atoms with Gasteiger partial charge >= 0.3 is 0 Å². The predicted octanol–water partition coefficient (Wildman–Crippen LogP) is 4.50. The highest BCUT2D eigenvalue weighted by Crippen LogP contribution is 2.55. The summed E-state index contributed by atoms with van der Waals surface area (Å²) in [7, 11) is 0. The van der Waals surface area contributed by atoms with Gasteiger partial charge in [0.05, 0.1) is 11.4 Å². The molecule has 0 unspecified atom stereocenters. The molecule has 2 aliphatic rings. The van der Waals surface area contributed by atoms with Crippen LogP contribution in [0.25, 0.3) is 0 Å². The summed E-state index contributed by atoms with van der Waals surface area (Å²) in [6.45, 7) is 3.52. The van der Waals surface area contributed by atoms with Gasteiger partial charge in [-0.15, -0.1) is 11.8 Å². The second-order valence-corrected chi connectivity index (χ2v) is 9.70. The van der Waals surface area contributed by atoms with Crippen LogP contribution in [-0.4, -0.2) is 30.0 Å². The number of anilines is 3. The molecule has 1 saturated heterocycles. The summed E-state index contributed by atoms with van der Waals surface area (Å²) in [5.74, 6) is -3.49. The molecule has 0 aromatic heterocycles. The van der Waals surface area contributed by atoms with Crippen LogP contribution in [0.5, 0.6) is 0 Å². The number of nitrogens with zero attached hydrogens (tertiary/aromatic N) is 2. The lowest BCUT2D eigenvalue weighted by Crippen LogP contribution is -2.51.